The molecule has 3 heteroatoms. The van der Waals surface area contributed by atoms with Crippen LogP contribution in [0.2, 0.25) is 0 Å². The van der Waals surface area contributed by atoms with Gasteiger partial charge in [0.15, 0.2) is 0 Å². The summed E-state index contributed by atoms with van der Waals surface area (Å²) in [6.45, 7) is 9.23. The first-order valence-electron chi connectivity index (χ1n) is 5.66. The Balaban J connectivity index is 1.97. The smallest absolute Gasteiger partial charge is 0.0857 e. The van der Waals surface area contributed by atoms with Gasteiger partial charge in [-0.3, -0.25) is 9.89 Å². The molecule has 0 bridgehead atoms. The molecule has 1 N–H and O–H groups in total. The lowest BCUT2D eigenvalue weighted by Crippen LogP contribution is -2.44. The zero-order chi connectivity index (χ0) is 10.2. The minimum absolute atomic E-state index is 0.344. The van der Waals surface area contributed by atoms with E-state index in [1.165, 1.54) is 12.8 Å². The van der Waals surface area contributed by atoms with Crippen molar-refractivity contribution in [3.8, 4) is 0 Å². The molecule has 0 saturated carbocycles. The summed E-state index contributed by atoms with van der Waals surface area (Å²) in [5.74, 6) is 0. The van der Waals surface area contributed by atoms with Gasteiger partial charge in [0.2, 0.25) is 0 Å². The molecule has 0 aromatic carbocycles. The second-order valence-electron chi connectivity index (χ2n) is 5.09. The molecule has 0 aliphatic carbocycles. The Kier molecular flexibility index (Phi) is 2.52. The van der Waals surface area contributed by atoms with Gasteiger partial charge in [-0.25, -0.2) is 0 Å². The van der Waals surface area contributed by atoms with Crippen molar-refractivity contribution in [2.75, 3.05) is 13.1 Å². The van der Waals surface area contributed by atoms with E-state index in [1.807, 2.05) is 6.34 Å². The van der Waals surface area contributed by atoms with Gasteiger partial charge < -0.3 is 5.32 Å². The van der Waals surface area contributed by atoms with Gasteiger partial charge in [0, 0.05) is 18.6 Å². The third-order valence-corrected chi connectivity index (χ3v) is 3.56. The maximum Gasteiger partial charge on any atom is 0.0857 e. The third kappa shape index (κ3) is 1.65. The van der Waals surface area contributed by atoms with Gasteiger partial charge in [0.1, 0.15) is 0 Å². The molecule has 0 spiro atoms. The van der Waals surface area contributed by atoms with Gasteiger partial charge in [0.05, 0.1) is 18.4 Å². The van der Waals surface area contributed by atoms with E-state index in [4.69, 9.17) is 0 Å². The fourth-order valence-corrected chi connectivity index (χ4v) is 2.60. The van der Waals surface area contributed by atoms with Gasteiger partial charge in [0.25, 0.3) is 0 Å². The van der Waals surface area contributed by atoms with E-state index < -0.39 is 0 Å². The summed E-state index contributed by atoms with van der Waals surface area (Å²) in [7, 11) is 0. The summed E-state index contributed by atoms with van der Waals surface area (Å²) >= 11 is 0. The van der Waals surface area contributed by atoms with Crippen LogP contribution < -0.4 is 5.32 Å². The molecule has 80 valence electrons. The summed E-state index contributed by atoms with van der Waals surface area (Å²) in [5, 5.41) is 3.33. The van der Waals surface area contributed by atoms with Crippen LogP contribution >= 0.6 is 0 Å². The number of nitrogens with one attached hydrogen (secondary N) is 1. The van der Waals surface area contributed by atoms with Gasteiger partial charge in [-0.05, 0) is 20.3 Å². The summed E-state index contributed by atoms with van der Waals surface area (Å²) < 4.78 is 0. The van der Waals surface area contributed by atoms with Crippen molar-refractivity contribution < 1.29 is 0 Å². The standard InChI is InChI=1S/C11H21N3/c1-4-5-11(2,3)14-6-9-10(7-14)13-8-12-9/h8-10H,4-7H2,1-3H3,(H,12,13)/t9-,10+. The zero-order valence-electron chi connectivity index (χ0n) is 9.45. The van der Waals surface area contributed by atoms with Crippen LogP contribution in [0, 0.1) is 0 Å². The van der Waals surface area contributed by atoms with E-state index >= 15 is 0 Å². The van der Waals surface area contributed by atoms with Crippen LogP contribution in [0.15, 0.2) is 4.99 Å². The Labute approximate surface area is 86.6 Å². The molecule has 0 unspecified atom stereocenters. The minimum atomic E-state index is 0.344. The molecule has 14 heavy (non-hydrogen) atoms. The largest absolute Gasteiger partial charge is 0.370 e. The highest BCUT2D eigenvalue weighted by molar-refractivity contribution is 5.58. The molecule has 1 fully saturated rings. The van der Waals surface area contributed by atoms with Crippen LogP contribution in [-0.4, -0.2) is 42.0 Å². The van der Waals surface area contributed by atoms with Crippen molar-refractivity contribution in [1.29, 1.82) is 0 Å². The number of rotatable bonds is 3. The SMILES string of the molecule is CCCC(C)(C)N1C[C@@H]2N=CN[C@@H]2C1. The van der Waals surface area contributed by atoms with Crippen LogP contribution in [0.5, 0.6) is 0 Å². The van der Waals surface area contributed by atoms with Crippen molar-refractivity contribution >= 4 is 6.34 Å². The van der Waals surface area contributed by atoms with Crippen LogP contribution in [0.4, 0.5) is 0 Å². The molecule has 0 radical (unpaired) electrons. The third-order valence-electron chi connectivity index (χ3n) is 3.56. The molecule has 2 aliphatic heterocycles. The average molecular weight is 195 g/mol. The monoisotopic (exact) mass is 195 g/mol. The maximum atomic E-state index is 4.44. The number of hydrogen-bond donors (Lipinski definition) is 1. The van der Waals surface area contributed by atoms with E-state index in [-0.39, 0.29) is 0 Å². The average Bonchev–Trinajstić information content (AvgIpc) is 2.60. The molecule has 1 saturated heterocycles. The van der Waals surface area contributed by atoms with E-state index in [2.05, 4.69) is 36.0 Å². The number of fused-ring (bicyclic) bond motifs is 1. The van der Waals surface area contributed by atoms with Gasteiger partial charge in [-0.15, -0.1) is 0 Å². The predicted octanol–water partition coefficient (Wildman–Crippen LogP) is 1.25. The Morgan fingerprint density at radius 2 is 2.29 bits per heavy atom. The van der Waals surface area contributed by atoms with E-state index in [0.29, 0.717) is 17.6 Å². The van der Waals surface area contributed by atoms with Gasteiger partial charge in [-0.1, -0.05) is 13.3 Å². The highest BCUT2D eigenvalue weighted by Gasteiger charge is 2.40. The molecule has 0 aromatic rings. The predicted molar refractivity (Wildman–Crippen MR) is 59.8 cm³/mol. The molecule has 0 amide bonds. The normalized spacial score (nSPS) is 31.9. The van der Waals surface area contributed by atoms with Gasteiger partial charge >= 0.3 is 0 Å². The summed E-state index contributed by atoms with van der Waals surface area (Å²) in [4.78, 5) is 7.02. The molecule has 3 nitrogen and oxygen atoms in total. The lowest BCUT2D eigenvalue weighted by molar-refractivity contribution is 0.138. The zero-order valence-corrected chi connectivity index (χ0v) is 9.45. The summed E-state index contributed by atoms with van der Waals surface area (Å²) in [6.07, 6.45) is 4.41. The molecule has 2 atom stereocenters. The molecule has 2 rings (SSSR count). The fraction of sp³-hybridized carbons (Fsp3) is 0.909. The van der Waals surface area contributed by atoms with Crippen molar-refractivity contribution in [1.82, 2.24) is 10.2 Å². The highest BCUT2D eigenvalue weighted by atomic mass is 15.3. The lowest BCUT2D eigenvalue weighted by Gasteiger charge is -2.35. The minimum Gasteiger partial charge on any atom is -0.370 e. The highest BCUT2D eigenvalue weighted by Crippen LogP contribution is 2.27. The molecular weight excluding hydrogens is 174 g/mol. The van der Waals surface area contributed by atoms with E-state index in [9.17, 15) is 0 Å². The first-order valence-corrected chi connectivity index (χ1v) is 5.66. The van der Waals surface area contributed by atoms with Crippen molar-refractivity contribution in [2.45, 2.75) is 51.2 Å². The Bertz CT molecular complexity index is 235. The number of hydrogen-bond acceptors (Lipinski definition) is 3. The van der Waals surface area contributed by atoms with E-state index in [1.54, 1.807) is 0 Å². The first kappa shape index (κ1) is 9.97. The molecule has 2 aliphatic rings. The number of likely N-dealkylation sites (tertiary alicyclic amines) is 1. The van der Waals surface area contributed by atoms with Gasteiger partial charge in [-0.2, -0.15) is 0 Å². The Hall–Kier alpha value is -0.570. The quantitative estimate of drug-likeness (QED) is 0.734. The summed E-state index contributed by atoms with van der Waals surface area (Å²) in [5.41, 5.74) is 0.344. The second kappa shape index (κ2) is 3.54. The number of nitrogens with zero attached hydrogens (tertiary/aromatic N) is 2. The Morgan fingerprint density at radius 1 is 1.50 bits per heavy atom. The van der Waals surface area contributed by atoms with Crippen molar-refractivity contribution in [2.24, 2.45) is 4.99 Å². The second-order valence-corrected chi connectivity index (χ2v) is 5.09. The topological polar surface area (TPSA) is 27.6 Å². The summed E-state index contributed by atoms with van der Waals surface area (Å²) in [6, 6.07) is 1.08. The molecule has 2 heterocycles. The van der Waals surface area contributed by atoms with Crippen LogP contribution in [0.1, 0.15) is 33.6 Å². The van der Waals surface area contributed by atoms with Crippen LogP contribution in [-0.2, 0) is 0 Å². The maximum absolute atomic E-state index is 4.44. The van der Waals surface area contributed by atoms with E-state index in [0.717, 1.165) is 13.1 Å². The fourth-order valence-electron chi connectivity index (χ4n) is 2.60. The van der Waals surface area contributed by atoms with Crippen LogP contribution in [0.25, 0.3) is 0 Å². The van der Waals surface area contributed by atoms with Crippen molar-refractivity contribution in [3.05, 3.63) is 0 Å². The first-order chi connectivity index (χ1) is 6.63. The molecular formula is C11H21N3. The van der Waals surface area contributed by atoms with Crippen molar-refractivity contribution in [3.63, 3.8) is 0 Å². The Morgan fingerprint density at radius 3 is 2.93 bits per heavy atom. The lowest BCUT2D eigenvalue weighted by atomic mass is 9.97. The van der Waals surface area contributed by atoms with Crippen LogP contribution in [0.3, 0.4) is 0 Å². The molecule has 0 aromatic heterocycles. The number of aliphatic imine (C=N–C) groups is 1.